The predicted molar refractivity (Wildman–Crippen MR) is 73.2 cm³/mol. The number of aromatic nitrogens is 2. The van der Waals surface area contributed by atoms with Crippen molar-refractivity contribution in [2.75, 3.05) is 5.73 Å². The van der Waals surface area contributed by atoms with E-state index in [4.69, 9.17) is 5.73 Å². The molecule has 0 unspecified atom stereocenters. The van der Waals surface area contributed by atoms with Crippen LogP contribution in [0.4, 0.5) is 5.95 Å². The molecular weight excluding hydrogens is 278 g/mol. The lowest BCUT2D eigenvalue weighted by Crippen LogP contribution is -2.00. The van der Waals surface area contributed by atoms with Gasteiger partial charge in [0.2, 0.25) is 5.95 Å². The van der Waals surface area contributed by atoms with Crippen molar-refractivity contribution < 1.29 is 0 Å². The molecule has 0 atom stereocenters. The summed E-state index contributed by atoms with van der Waals surface area (Å²) in [6.45, 7) is 0. The Bertz CT molecular complexity index is 674. The van der Waals surface area contributed by atoms with E-state index in [-0.39, 0.29) is 0 Å². The molecule has 2 N–H and O–H groups in total. The monoisotopic (exact) mass is 287 g/mol. The number of nitrogens with zero attached hydrogens (tertiary/aromatic N) is 2. The van der Waals surface area contributed by atoms with Gasteiger partial charge in [0.05, 0.1) is 11.0 Å². The molecule has 3 aromatic rings. The van der Waals surface area contributed by atoms with E-state index in [9.17, 15) is 0 Å². The molecule has 2 aromatic carbocycles. The van der Waals surface area contributed by atoms with Gasteiger partial charge in [-0.3, -0.25) is 4.57 Å². The van der Waals surface area contributed by atoms with Gasteiger partial charge in [-0.25, -0.2) is 4.98 Å². The zero-order valence-corrected chi connectivity index (χ0v) is 10.6. The minimum absolute atomic E-state index is 0.498. The molecule has 3 rings (SSSR count). The Balaban J connectivity index is 2.40. The molecule has 0 aliphatic heterocycles. The van der Waals surface area contributed by atoms with Gasteiger partial charge >= 0.3 is 0 Å². The summed E-state index contributed by atoms with van der Waals surface area (Å²) in [5.74, 6) is 0.498. The molecule has 0 bridgehead atoms. The van der Waals surface area contributed by atoms with Crippen LogP contribution in [0.3, 0.4) is 0 Å². The fourth-order valence-electron chi connectivity index (χ4n) is 1.94. The van der Waals surface area contributed by atoms with Crippen LogP contribution in [0.15, 0.2) is 53.0 Å². The van der Waals surface area contributed by atoms with Crippen molar-refractivity contribution in [3.63, 3.8) is 0 Å². The second-order valence-electron chi connectivity index (χ2n) is 3.75. The molecule has 0 spiro atoms. The molecule has 17 heavy (non-hydrogen) atoms. The quantitative estimate of drug-likeness (QED) is 0.746. The van der Waals surface area contributed by atoms with E-state index in [1.54, 1.807) is 0 Å². The van der Waals surface area contributed by atoms with Crippen LogP contribution in [0, 0.1) is 0 Å². The third kappa shape index (κ3) is 1.61. The van der Waals surface area contributed by atoms with Crippen LogP contribution in [-0.4, -0.2) is 9.55 Å². The first-order valence-corrected chi connectivity index (χ1v) is 6.04. The van der Waals surface area contributed by atoms with Crippen LogP contribution < -0.4 is 5.73 Å². The molecule has 1 aromatic heterocycles. The van der Waals surface area contributed by atoms with E-state index in [1.807, 2.05) is 53.1 Å². The van der Waals surface area contributed by atoms with E-state index < -0.39 is 0 Å². The molecule has 1 heterocycles. The number of para-hydroxylation sites is 2. The third-order valence-corrected chi connectivity index (χ3v) is 3.31. The molecule has 0 amide bonds. The molecule has 84 valence electrons. The van der Waals surface area contributed by atoms with Crippen LogP contribution in [0.2, 0.25) is 0 Å². The molecule has 0 aliphatic carbocycles. The predicted octanol–water partition coefficient (Wildman–Crippen LogP) is 3.37. The maximum atomic E-state index is 5.99. The molecular formula is C13H10BrN3. The highest BCUT2D eigenvalue weighted by Crippen LogP contribution is 2.28. The van der Waals surface area contributed by atoms with Crippen molar-refractivity contribution in [2.24, 2.45) is 0 Å². The third-order valence-electron chi connectivity index (χ3n) is 2.67. The number of fused-ring (bicyclic) bond motifs is 1. The number of rotatable bonds is 1. The van der Waals surface area contributed by atoms with E-state index in [2.05, 4.69) is 20.9 Å². The van der Waals surface area contributed by atoms with E-state index >= 15 is 0 Å². The van der Waals surface area contributed by atoms with Crippen LogP contribution in [0.5, 0.6) is 0 Å². The van der Waals surface area contributed by atoms with Gasteiger partial charge in [-0.2, -0.15) is 0 Å². The highest BCUT2D eigenvalue weighted by Gasteiger charge is 2.11. The summed E-state index contributed by atoms with van der Waals surface area (Å²) in [4.78, 5) is 4.36. The van der Waals surface area contributed by atoms with Crippen molar-refractivity contribution in [3.05, 3.63) is 53.0 Å². The highest BCUT2D eigenvalue weighted by atomic mass is 79.9. The van der Waals surface area contributed by atoms with Gasteiger partial charge in [0.25, 0.3) is 0 Å². The fraction of sp³-hybridized carbons (Fsp3) is 0. The topological polar surface area (TPSA) is 43.8 Å². The SMILES string of the molecule is Nc1nc2cccc(Br)c2n1-c1ccccc1. The number of hydrogen-bond acceptors (Lipinski definition) is 2. The van der Waals surface area contributed by atoms with Crippen molar-refractivity contribution in [2.45, 2.75) is 0 Å². The average Bonchev–Trinajstić information content (AvgIpc) is 2.68. The number of hydrogen-bond donors (Lipinski definition) is 1. The van der Waals surface area contributed by atoms with Gasteiger partial charge in [0, 0.05) is 10.2 Å². The van der Waals surface area contributed by atoms with Crippen molar-refractivity contribution in [1.82, 2.24) is 9.55 Å². The summed E-state index contributed by atoms with van der Waals surface area (Å²) in [7, 11) is 0. The molecule has 0 radical (unpaired) electrons. The number of imidazole rings is 1. The standard InChI is InChI=1S/C13H10BrN3/c14-10-7-4-8-11-12(10)17(13(15)16-11)9-5-2-1-3-6-9/h1-8H,(H2,15,16). The average molecular weight is 288 g/mol. The second kappa shape index (κ2) is 3.89. The van der Waals surface area contributed by atoms with Gasteiger partial charge in [-0.1, -0.05) is 24.3 Å². The van der Waals surface area contributed by atoms with Crippen LogP contribution in [0.25, 0.3) is 16.7 Å². The summed E-state index contributed by atoms with van der Waals surface area (Å²) in [5, 5.41) is 0. The van der Waals surface area contributed by atoms with Crippen molar-refractivity contribution >= 4 is 32.9 Å². The maximum Gasteiger partial charge on any atom is 0.205 e. The number of benzene rings is 2. The lowest BCUT2D eigenvalue weighted by molar-refractivity contribution is 1.11. The summed E-state index contributed by atoms with van der Waals surface area (Å²) in [6.07, 6.45) is 0. The Morgan fingerprint density at radius 1 is 1.00 bits per heavy atom. The van der Waals surface area contributed by atoms with E-state index in [1.165, 1.54) is 0 Å². The minimum Gasteiger partial charge on any atom is -0.369 e. The smallest absolute Gasteiger partial charge is 0.205 e. The number of nitrogen functional groups attached to an aromatic ring is 1. The Morgan fingerprint density at radius 2 is 1.76 bits per heavy atom. The van der Waals surface area contributed by atoms with Gasteiger partial charge in [0.1, 0.15) is 0 Å². The van der Waals surface area contributed by atoms with Crippen LogP contribution in [-0.2, 0) is 0 Å². The minimum atomic E-state index is 0.498. The number of anilines is 1. The number of nitrogens with two attached hydrogens (primary N) is 1. The zero-order valence-electron chi connectivity index (χ0n) is 8.97. The Morgan fingerprint density at radius 3 is 2.53 bits per heavy atom. The fourth-order valence-corrected chi connectivity index (χ4v) is 2.47. The van der Waals surface area contributed by atoms with E-state index in [0.717, 1.165) is 21.2 Å². The van der Waals surface area contributed by atoms with Gasteiger partial charge in [-0.05, 0) is 40.2 Å². The molecule has 0 saturated heterocycles. The van der Waals surface area contributed by atoms with Crippen LogP contribution in [0.1, 0.15) is 0 Å². The van der Waals surface area contributed by atoms with Crippen molar-refractivity contribution in [1.29, 1.82) is 0 Å². The first-order valence-electron chi connectivity index (χ1n) is 5.25. The maximum absolute atomic E-state index is 5.99. The lowest BCUT2D eigenvalue weighted by Gasteiger charge is -2.06. The van der Waals surface area contributed by atoms with Crippen LogP contribution >= 0.6 is 15.9 Å². The molecule has 0 aliphatic rings. The first-order chi connectivity index (χ1) is 8.27. The molecule has 0 saturated carbocycles. The summed E-state index contributed by atoms with van der Waals surface area (Å²) < 4.78 is 2.93. The Labute approximate surface area is 107 Å². The Kier molecular flexibility index (Phi) is 2.37. The second-order valence-corrected chi connectivity index (χ2v) is 4.60. The molecule has 0 fully saturated rings. The first kappa shape index (κ1) is 10.4. The van der Waals surface area contributed by atoms with Gasteiger partial charge in [0.15, 0.2) is 0 Å². The normalized spacial score (nSPS) is 10.9. The van der Waals surface area contributed by atoms with Crippen molar-refractivity contribution in [3.8, 4) is 5.69 Å². The largest absolute Gasteiger partial charge is 0.369 e. The Hall–Kier alpha value is -1.81. The number of halogens is 1. The van der Waals surface area contributed by atoms with Gasteiger partial charge in [-0.15, -0.1) is 0 Å². The lowest BCUT2D eigenvalue weighted by atomic mass is 10.3. The summed E-state index contributed by atoms with van der Waals surface area (Å²) >= 11 is 3.54. The molecule has 4 heteroatoms. The van der Waals surface area contributed by atoms with Gasteiger partial charge < -0.3 is 5.73 Å². The molecule has 3 nitrogen and oxygen atoms in total. The highest BCUT2D eigenvalue weighted by molar-refractivity contribution is 9.10. The van der Waals surface area contributed by atoms with E-state index in [0.29, 0.717) is 5.95 Å². The summed E-state index contributed by atoms with van der Waals surface area (Å²) in [6, 6.07) is 15.9. The summed E-state index contributed by atoms with van der Waals surface area (Å²) in [5.41, 5.74) is 8.88. The zero-order chi connectivity index (χ0) is 11.8.